The minimum atomic E-state index is 0.402. The van der Waals surface area contributed by atoms with Crippen molar-refractivity contribution in [1.29, 1.82) is 0 Å². The topological polar surface area (TPSA) is 89.2 Å². The number of rotatable bonds is 6. The highest BCUT2D eigenvalue weighted by molar-refractivity contribution is 7.80. The maximum atomic E-state index is 6.04. The van der Waals surface area contributed by atoms with E-state index >= 15 is 0 Å². The van der Waals surface area contributed by atoms with Gasteiger partial charge in [-0.3, -0.25) is 15.8 Å². The van der Waals surface area contributed by atoms with Crippen molar-refractivity contribution >= 4 is 46.1 Å². The van der Waals surface area contributed by atoms with Crippen molar-refractivity contribution in [2.45, 2.75) is 32.7 Å². The summed E-state index contributed by atoms with van der Waals surface area (Å²) in [5, 5.41) is 15.0. The Bertz CT molecular complexity index is 708. The molecule has 27 heavy (non-hydrogen) atoms. The van der Waals surface area contributed by atoms with E-state index in [4.69, 9.17) is 28.9 Å². The van der Waals surface area contributed by atoms with E-state index in [1.165, 1.54) is 19.3 Å². The van der Waals surface area contributed by atoms with Crippen LogP contribution in [0.25, 0.3) is 0 Å². The van der Waals surface area contributed by atoms with Gasteiger partial charge in [-0.2, -0.15) is 10.2 Å². The molecule has 148 valence electrons. The predicted molar refractivity (Wildman–Crippen MR) is 117 cm³/mol. The van der Waals surface area contributed by atoms with Gasteiger partial charge in [0.25, 0.3) is 0 Å². The molecule has 10 heteroatoms. The molecule has 0 radical (unpaired) electrons. The van der Waals surface area contributed by atoms with Gasteiger partial charge in [0.2, 0.25) is 0 Å². The monoisotopic (exact) mass is 409 g/mol. The molecular weight excluding hydrogens is 382 g/mol. The fourth-order valence-corrected chi connectivity index (χ4v) is 2.74. The van der Waals surface area contributed by atoms with E-state index in [9.17, 15) is 0 Å². The Morgan fingerprint density at radius 2 is 1.67 bits per heavy atom. The summed E-state index contributed by atoms with van der Waals surface area (Å²) in [4.78, 5) is 2.41. The van der Waals surface area contributed by atoms with Crippen molar-refractivity contribution in [2.75, 3.05) is 27.2 Å². The van der Waals surface area contributed by atoms with E-state index in [2.05, 4.69) is 36.6 Å². The van der Waals surface area contributed by atoms with Crippen LogP contribution in [0.5, 0.6) is 0 Å². The molecule has 1 aromatic heterocycles. The molecular formula is C17H27N7OS2. The van der Waals surface area contributed by atoms with Crippen molar-refractivity contribution in [3.63, 3.8) is 0 Å². The fraction of sp³-hybridized carbons (Fsp3) is 0.529. The van der Waals surface area contributed by atoms with Crippen LogP contribution in [0, 0.1) is 0 Å². The Hall–Kier alpha value is -2.04. The third kappa shape index (κ3) is 6.89. The van der Waals surface area contributed by atoms with E-state index < -0.39 is 0 Å². The third-order valence-corrected chi connectivity index (χ3v) is 4.71. The van der Waals surface area contributed by atoms with Crippen LogP contribution in [-0.4, -0.2) is 53.7 Å². The predicted octanol–water partition coefficient (Wildman–Crippen LogP) is 1.53. The molecule has 8 nitrogen and oxygen atoms in total. The molecule has 0 spiro atoms. The summed E-state index contributed by atoms with van der Waals surface area (Å²) in [6.07, 6.45) is 3.80. The van der Waals surface area contributed by atoms with Crippen LogP contribution in [0.15, 0.2) is 26.8 Å². The zero-order valence-electron chi connectivity index (χ0n) is 16.0. The first-order valence-corrected chi connectivity index (χ1v) is 9.74. The van der Waals surface area contributed by atoms with Crippen molar-refractivity contribution < 1.29 is 4.42 Å². The zero-order chi connectivity index (χ0) is 19.6. The van der Waals surface area contributed by atoms with Gasteiger partial charge in [-0.25, -0.2) is 0 Å². The number of hydrogen-bond donors (Lipinski definition) is 4. The van der Waals surface area contributed by atoms with Crippen LogP contribution in [-0.2, 0) is 6.54 Å². The maximum absolute atomic E-state index is 6.04. The van der Waals surface area contributed by atoms with Gasteiger partial charge in [0.1, 0.15) is 11.5 Å². The maximum Gasteiger partial charge on any atom is 0.186 e. The first-order chi connectivity index (χ1) is 13.0. The Morgan fingerprint density at radius 1 is 1.04 bits per heavy atom. The Morgan fingerprint density at radius 3 is 2.30 bits per heavy atom. The zero-order valence-corrected chi connectivity index (χ0v) is 17.6. The van der Waals surface area contributed by atoms with Crippen LogP contribution >= 0.6 is 24.4 Å². The Balaban J connectivity index is 2.16. The largest absolute Gasteiger partial charge is 0.458 e. The summed E-state index contributed by atoms with van der Waals surface area (Å²) in [6, 6.07) is 3.88. The van der Waals surface area contributed by atoms with Gasteiger partial charge in [-0.15, -0.1) is 0 Å². The highest BCUT2D eigenvalue weighted by Crippen LogP contribution is 2.16. The number of likely N-dealkylation sites (tertiary alicyclic amines) is 1. The lowest BCUT2D eigenvalue weighted by Gasteiger charge is -2.25. The Labute approximate surface area is 170 Å². The van der Waals surface area contributed by atoms with Crippen LogP contribution < -0.4 is 21.5 Å². The summed E-state index contributed by atoms with van der Waals surface area (Å²) in [7, 11) is 3.45. The van der Waals surface area contributed by atoms with Crippen LogP contribution in [0.2, 0.25) is 0 Å². The molecule has 0 atom stereocenters. The number of piperidine rings is 1. The van der Waals surface area contributed by atoms with E-state index in [1.807, 2.05) is 19.1 Å². The average molecular weight is 410 g/mol. The number of nitrogens with one attached hydrogen (secondary N) is 4. The summed E-state index contributed by atoms with van der Waals surface area (Å²) in [5.41, 5.74) is 6.70. The molecule has 1 fully saturated rings. The van der Waals surface area contributed by atoms with Crippen molar-refractivity contribution in [1.82, 2.24) is 26.4 Å². The molecule has 0 aromatic carbocycles. The van der Waals surface area contributed by atoms with Gasteiger partial charge in [0.15, 0.2) is 16.0 Å². The molecule has 1 aliphatic rings. The van der Waals surface area contributed by atoms with Crippen molar-refractivity contribution in [2.24, 2.45) is 10.2 Å². The number of nitrogens with zero attached hydrogens (tertiary/aromatic N) is 3. The van der Waals surface area contributed by atoms with Gasteiger partial charge < -0.3 is 15.1 Å². The highest BCUT2D eigenvalue weighted by atomic mass is 32.1. The smallest absolute Gasteiger partial charge is 0.186 e. The number of thiocarbonyl (C=S) groups is 2. The number of furan rings is 1. The molecule has 2 heterocycles. The van der Waals surface area contributed by atoms with E-state index in [-0.39, 0.29) is 0 Å². The minimum absolute atomic E-state index is 0.402. The lowest BCUT2D eigenvalue weighted by Crippen LogP contribution is -2.32. The fourth-order valence-electron chi connectivity index (χ4n) is 2.65. The average Bonchev–Trinajstić information content (AvgIpc) is 3.14. The lowest BCUT2D eigenvalue weighted by molar-refractivity contribution is 0.205. The van der Waals surface area contributed by atoms with E-state index in [1.54, 1.807) is 14.1 Å². The number of hydrazone groups is 2. The molecule has 0 bridgehead atoms. The molecule has 0 aliphatic carbocycles. The van der Waals surface area contributed by atoms with Crippen LogP contribution in [0.1, 0.15) is 37.7 Å². The van der Waals surface area contributed by atoms with Gasteiger partial charge in [-0.05, 0) is 69.4 Å². The molecule has 1 aliphatic heterocycles. The van der Waals surface area contributed by atoms with Crippen molar-refractivity contribution in [3.8, 4) is 0 Å². The van der Waals surface area contributed by atoms with Gasteiger partial charge in [0, 0.05) is 14.1 Å². The highest BCUT2D eigenvalue weighted by Gasteiger charge is 2.16. The van der Waals surface area contributed by atoms with Crippen LogP contribution in [0.3, 0.4) is 0 Å². The summed E-state index contributed by atoms with van der Waals surface area (Å²) in [5.74, 6) is 1.52. The molecule has 0 amide bonds. The molecule has 0 unspecified atom stereocenters. The normalized spacial score (nSPS) is 16.0. The summed E-state index contributed by atoms with van der Waals surface area (Å²) >= 11 is 10.1. The first-order valence-electron chi connectivity index (χ1n) is 8.92. The van der Waals surface area contributed by atoms with Gasteiger partial charge >= 0.3 is 0 Å². The van der Waals surface area contributed by atoms with Crippen LogP contribution in [0.4, 0.5) is 0 Å². The quantitative estimate of drug-likeness (QED) is 0.320. The Kier molecular flexibility index (Phi) is 8.62. The molecule has 4 N–H and O–H groups in total. The number of hydrogen-bond acceptors (Lipinski definition) is 6. The second kappa shape index (κ2) is 11.0. The second-order valence-corrected chi connectivity index (χ2v) is 6.96. The SMILES string of the molecule is CNC(=S)N/N=C(/C(C)=N/NC(=S)NC)c1ccc(CN2CCCCC2)o1. The molecule has 1 saturated heterocycles. The van der Waals surface area contributed by atoms with Crippen molar-refractivity contribution in [3.05, 3.63) is 23.7 Å². The molecule has 1 aromatic rings. The van der Waals surface area contributed by atoms with E-state index in [0.717, 1.165) is 25.4 Å². The lowest BCUT2D eigenvalue weighted by atomic mass is 10.1. The molecule has 0 saturated carbocycles. The standard InChI is InChI=1S/C17H27N7OS2/c1-12(20-22-16(26)18-2)15(21-23-17(27)19-3)14-8-7-13(25-14)11-24-9-5-4-6-10-24/h7-8H,4-6,9-11H2,1-3H3,(H2,18,22,26)(H2,19,23,27)/b20-12+,21-15-. The molecule has 2 rings (SSSR count). The first kappa shape index (κ1) is 21.3. The minimum Gasteiger partial charge on any atom is -0.458 e. The summed E-state index contributed by atoms with van der Waals surface area (Å²) < 4.78 is 6.04. The van der Waals surface area contributed by atoms with Gasteiger partial charge in [-0.1, -0.05) is 6.42 Å². The van der Waals surface area contributed by atoms with Gasteiger partial charge in [0.05, 0.1) is 12.3 Å². The second-order valence-electron chi connectivity index (χ2n) is 6.14. The summed E-state index contributed by atoms with van der Waals surface area (Å²) in [6.45, 7) is 4.84. The third-order valence-electron chi connectivity index (χ3n) is 4.11. The van der Waals surface area contributed by atoms with E-state index in [0.29, 0.717) is 27.4 Å².